The Balaban J connectivity index is 1.93. The second-order valence-corrected chi connectivity index (χ2v) is 8.75. The third-order valence-electron chi connectivity index (χ3n) is 6.17. The molecule has 0 radical (unpaired) electrons. The van der Waals surface area contributed by atoms with E-state index >= 15 is 0 Å². The van der Waals surface area contributed by atoms with Crippen LogP contribution in [0.2, 0.25) is 5.02 Å². The van der Waals surface area contributed by atoms with Crippen molar-refractivity contribution in [3.8, 4) is 5.75 Å². The monoisotopic (exact) mass is 457 g/mol. The SMILES string of the molecule is CCOC(=O)c1cc(NC(=O)C2(c3ccccc3Cl)CCCCC2)ccc1O[C@@H](C)CC. The predicted octanol–water partition coefficient (Wildman–Crippen LogP) is 6.53. The van der Waals surface area contributed by atoms with Gasteiger partial charge >= 0.3 is 5.97 Å². The first kappa shape index (κ1) is 24.1. The molecule has 0 unspecified atom stereocenters. The van der Waals surface area contributed by atoms with Gasteiger partial charge in [-0.15, -0.1) is 0 Å². The molecule has 32 heavy (non-hydrogen) atoms. The molecule has 0 aromatic heterocycles. The number of esters is 1. The Morgan fingerprint density at radius 3 is 2.47 bits per heavy atom. The minimum Gasteiger partial charge on any atom is -0.490 e. The first-order chi connectivity index (χ1) is 15.4. The van der Waals surface area contributed by atoms with Crippen LogP contribution in [0.1, 0.15) is 75.2 Å². The number of ether oxygens (including phenoxy) is 2. The van der Waals surface area contributed by atoms with Gasteiger partial charge in [-0.05, 0) is 62.9 Å². The zero-order valence-electron chi connectivity index (χ0n) is 19.1. The van der Waals surface area contributed by atoms with Gasteiger partial charge in [0.1, 0.15) is 11.3 Å². The molecule has 1 atom stereocenters. The summed E-state index contributed by atoms with van der Waals surface area (Å²) in [6.07, 6.45) is 5.28. The lowest BCUT2D eigenvalue weighted by Crippen LogP contribution is -2.42. The fourth-order valence-electron chi connectivity index (χ4n) is 4.25. The predicted molar refractivity (Wildman–Crippen MR) is 128 cm³/mol. The van der Waals surface area contributed by atoms with Crippen LogP contribution >= 0.6 is 11.6 Å². The quantitative estimate of drug-likeness (QED) is 0.457. The van der Waals surface area contributed by atoms with E-state index in [1.807, 2.05) is 38.1 Å². The molecule has 0 heterocycles. The van der Waals surface area contributed by atoms with Crippen LogP contribution in [0.25, 0.3) is 0 Å². The van der Waals surface area contributed by atoms with Gasteiger partial charge in [0.05, 0.1) is 18.1 Å². The van der Waals surface area contributed by atoms with Crippen LogP contribution in [0.3, 0.4) is 0 Å². The molecule has 1 fully saturated rings. The molecular weight excluding hydrogens is 426 g/mol. The fourth-order valence-corrected chi connectivity index (χ4v) is 4.57. The van der Waals surface area contributed by atoms with E-state index in [1.54, 1.807) is 25.1 Å². The van der Waals surface area contributed by atoms with Crippen molar-refractivity contribution in [3.05, 3.63) is 58.6 Å². The minimum absolute atomic E-state index is 0.0469. The zero-order chi connectivity index (χ0) is 23.1. The number of nitrogens with one attached hydrogen (secondary N) is 1. The number of benzene rings is 2. The molecule has 1 amide bonds. The van der Waals surface area contributed by atoms with E-state index in [2.05, 4.69) is 5.32 Å². The second kappa shape index (κ2) is 10.9. The fraction of sp³-hybridized carbons (Fsp3) is 0.462. The van der Waals surface area contributed by atoms with E-state index in [4.69, 9.17) is 21.1 Å². The number of halogens is 1. The average Bonchev–Trinajstić information content (AvgIpc) is 2.80. The van der Waals surface area contributed by atoms with Gasteiger partial charge in [0.25, 0.3) is 0 Å². The number of hydrogen-bond donors (Lipinski definition) is 1. The van der Waals surface area contributed by atoms with Crippen molar-refractivity contribution in [2.45, 2.75) is 70.8 Å². The molecule has 0 aliphatic heterocycles. The van der Waals surface area contributed by atoms with Crippen LogP contribution in [0, 0.1) is 0 Å². The van der Waals surface area contributed by atoms with Crippen LogP contribution in [-0.2, 0) is 14.9 Å². The standard InChI is InChI=1S/C26H32ClNO4/c1-4-18(3)32-23-14-13-19(17-20(23)24(29)31-5-2)28-25(30)26(15-9-6-10-16-26)21-11-7-8-12-22(21)27/h7-8,11-14,17-18H,4-6,9-10,15-16H2,1-3H3,(H,28,30)/t18-/m0/s1. The van der Waals surface area contributed by atoms with Gasteiger partial charge in [-0.1, -0.05) is 56.0 Å². The molecule has 0 bridgehead atoms. The van der Waals surface area contributed by atoms with Crippen molar-refractivity contribution in [1.29, 1.82) is 0 Å². The van der Waals surface area contributed by atoms with Gasteiger partial charge in [0, 0.05) is 10.7 Å². The first-order valence-corrected chi connectivity index (χ1v) is 11.8. The maximum atomic E-state index is 13.6. The lowest BCUT2D eigenvalue weighted by Gasteiger charge is -2.37. The summed E-state index contributed by atoms with van der Waals surface area (Å²) in [7, 11) is 0. The van der Waals surface area contributed by atoms with Crippen molar-refractivity contribution in [3.63, 3.8) is 0 Å². The second-order valence-electron chi connectivity index (χ2n) is 8.34. The van der Waals surface area contributed by atoms with Crippen molar-refractivity contribution in [2.75, 3.05) is 11.9 Å². The van der Waals surface area contributed by atoms with Crippen LogP contribution < -0.4 is 10.1 Å². The molecule has 0 saturated heterocycles. The van der Waals surface area contributed by atoms with E-state index < -0.39 is 11.4 Å². The number of amides is 1. The number of carbonyl (C=O) groups is 2. The minimum atomic E-state index is -0.688. The van der Waals surface area contributed by atoms with Crippen molar-refractivity contribution in [2.24, 2.45) is 0 Å². The largest absolute Gasteiger partial charge is 0.490 e. The molecule has 5 nitrogen and oxygen atoms in total. The van der Waals surface area contributed by atoms with Gasteiger partial charge in [0.2, 0.25) is 5.91 Å². The maximum absolute atomic E-state index is 13.6. The molecule has 2 aromatic rings. The van der Waals surface area contributed by atoms with Crippen LogP contribution in [0.5, 0.6) is 5.75 Å². The molecule has 1 saturated carbocycles. The molecule has 2 aromatic carbocycles. The van der Waals surface area contributed by atoms with Crippen LogP contribution in [0.4, 0.5) is 5.69 Å². The first-order valence-electron chi connectivity index (χ1n) is 11.5. The molecule has 1 N–H and O–H groups in total. The van der Waals surface area contributed by atoms with Gasteiger partial charge in [-0.3, -0.25) is 4.79 Å². The molecular formula is C26H32ClNO4. The normalized spacial score (nSPS) is 16.1. The molecule has 172 valence electrons. The lowest BCUT2D eigenvalue weighted by atomic mass is 9.68. The molecule has 6 heteroatoms. The van der Waals surface area contributed by atoms with Gasteiger partial charge in [0.15, 0.2) is 0 Å². The Morgan fingerprint density at radius 2 is 1.81 bits per heavy atom. The number of rotatable bonds is 8. The molecule has 1 aliphatic rings. The van der Waals surface area contributed by atoms with E-state index in [-0.39, 0.29) is 18.6 Å². The Hall–Kier alpha value is -2.53. The van der Waals surface area contributed by atoms with Crippen LogP contribution in [-0.4, -0.2) is 24.6 Å². The summed E-state index contributed by atoms with van der Waals surface area (Å²) in [6, 6.07) is 12.7. The zero-order valence-corrected chi connectivity index (χ0v) is 19.8. The van der Waals surface area contributed by atoms with Gasteiger partial charge in [-0.2, -0.15) is 0 Å². The Bertz CT molecular complexity index is 953. The number of hydrogen-bond acceptors (Lipinski definition) is 4. The number of carbonyl (C=O) groups excluding carboxylic acids is 2. The Kier molecular flexibility index (Phi) is 8.19. The van der Waals surface area contributed by atoms with Crippen molar-refractivity contribution < 1.29 is 19.1 Å². The summed E-state index contributed by atoms with van der Waals surface area (Å²) in [5.74, 6) is -0.120. The molecule has 1 aliphatic carbocycles. The summed E-state index contributed by atoms with van der Waals surface area (Å²) in [4.78, 5) is 26.2. The van der Waals surface area contributed by atoms with Gasteiger partial charge in [-0.25, -0.2) is 4.79 Å². The Morgan fingerprint density at radius 1 is 1.09 bits per heavy atom. The van der Waals surface area contributed by atoms with Crippen molar-refractivity contribution in [1.82, 2.24) is 0 Å². The van der Waals surface area contributed by atoms with E-state index in [0.29, 0.717) is 22.0 Å². The molecule has 0 spiro atoms. The highest BCUT2D eigenvalue weighted by Crippen LogP contribution is 2.43. The highest BCUT2D eigenvalue weighted by Gasteiger charge is 2.42. The summed E-state index contributed by atoms with van der Waals surface area (Å²) in [6.45, 7) is 5.98. The highest BCUT2D eigenvalue weighted by atomic mass is 35.5. The summed E-state index contributed by atoms with van der Waals surface area (Å²) < 4.78 is 11.1. The summed E-state index contributed by atoms with van der Waals surface area (Å²) in [5.41, 5.74) is 1.01. The highest BCUT2D eigenvalue weighted by molar-refractivity contribution is 6.31. The smallest absolute Gasteiger partial charge is 0.341 e. The third kappa shape index (κ3) is 5.26. The average molecular weight is 458 g/mol. The lowest BCUT2D eigenvalue weighted by molar-refractivity contribution is -0.122. The van der Waals surface area contributed by atoms with Crippen molar-refractivity contribution >= 4 is 29.2 Å². The number of anilines is 1. The third-order valence-corrected chi connectivity index (χ3v) is 6.50. The molecule has 3 rings (SSSR count). The summed E-state index contributed by atoms with van der Waals surface area (Å²) >= 11 is 6.52. The maximum Gasteiger partial charge on any atom is 0.341 e. The van der Waals surface area contributed by atoms with E-state index in [1.165, 1.54) is 0 Å². The van der Waals surface area contributed by atoms with Gasteiger partial charge < -0.3 is 14.8 Å². The van der Waals surface area contributed by atoms with Crippen LogP contribution in [0.15, 0.2) is 42.5 Å². The Labute approximate surface area is 195 Å². The van der Waals surface area contributed by atoms with E-state index in [9.17, 15) is 9.59 Å². The summed E-state index contributed by atoms with van der Waals surface area (Å²) in [5, 5.41) is 3.65. The topological polar surface area (TPSA) is 64.6 Å². The van der Waals surface area contributed by atoms with E-state index in [0.717, 1.165) is 44.1 Å².